The molecule has 0 atom stereocenters. The number of para-hydroxylation sites is 1. The van der Waals surface area contributed by atoms with E-state index >= 15 is 0 Å². The van der Waals surface area contributed by atoms with E-state index in [4.69, 9.17) is 0 Å². The summed E-state index contributed by atoms with van der Waals surface area (Å²) in [5.41, 5.74) is 3.40. The average molecular weight is 464 g/mol. The Balaban J connectivity index is 1.34. The van der Waals surface area contributed by atoms with Gasteiger partial charge in [-0.25, -0.2) is 9.49 Å². The topological polar surface area (TPSA) is 116 Å². The molecule has 4 N–H and O–H groups in total. The summed E-state index contributed by atoms with van der Waals surface area (Å²) in [4.78, 5) is 36.4. The minimum Gasteiger partial charge on any atom is -0.383 e. The lowest BCUT2D eigenvalue weighted by Crippen LogP contribution is -2.25. The highest BCUT2D eigenvalue weighted by atomic mass is 19.1. The summed E-state index contributed by atoms with van der Waals surface area (Å²) >= 11 is 0. The first-order valence-electron chi connectivity index (χ1n) is 11.3. The minimum absolute atomic E-state index is 0.0717. The van der Waals surface area contributed by atoms with Crippen molar-refractivity contribution < 1.29 is 14.0 Å². The molecule has 176 valence electrons. The van der Waals surface area contributed by atoms with Gasteiger partial charge in [-0.2, -0.15) is 5.10 Å². The van der Waals surface area contributed by atoms with Crippen molar-refractivity contribution >= 4 is 28.9 Å². The average Bonchev–Trinajstić information content (AvgIpc) is 2.84. The zero-order valence-electron chi connectivity index (χ0n) is 18.6. The summed E-state index contributed by atoms with van der Waals surface area (Å²) in [7, 11) is 0. The highest BCUT2D eigenvalue weighted by molar-refractivity contribution is 5.93. The van der Waals surface area contributed by atoms with Crippen LogP contribution >= 0.6 is 0 Å². The summed E-state index contributed by atoms with van der Waals surface area (Å²) in [5.74, 6) is -1.10. The van der Waals surface area contributed by atoms with Crippen LogP contribution in [0.4, 0.5) is 21.5 Å². The molecule has 9 heteroatoms. The van der Waals surface area contributed by atoms with E-state index in [9.17, 15) is 18.8 Å². The summed E-state index contributed by atoms with van der Waals surface area (Å²) in [5, 5.41) is 15.3. The fourth-order valence-electron chi connectivity index (χ4n) is 3.92. The van der Waals surface area contributed by atoms with Crippen LogP contribution in [-0.4, -0.2) is 28.6 Å². The number of rotatable bonds is 8. The van der Waals surface area contributed by atoms with E-state index in [1.165, 1.54) is 6.07 Å². The Morgan fingerprint density at radius 1 is 1.03 bits per heavy atom. The number of nitrogens with one attached hydrogen (secondary N) is 4. The number of halogens is 1. The van der Waals surface area contributed by atoms with E-state index in [-0.39, 0.29) is 35.9 Å². The van der Waals surface area contributed by atoms with Crippen molar-refractivity contribution in [2.24, 2.45) is 0 Å². The van der Waals surface area contributed by atoms with Gasteiger partial charge in [-0.05, 0) is 49.1 Å². The molecule has 0 spiro atoms. The second kappa shape index (κ2) is 10.7. The maximum atomic E-state index is 14.3. The van der Waals surface area contributed by atoms with E-state index < -0.39 is 5.82 Å². The smallest absolute Gasteiger partial charge is 0.269 e. The third-order valence-electron chi connectivity index (χ3n) is 5.60. The summed E-state index contributed by atoms with van der Waals surface area (Å²) in [6.45, 7) is 0.763. The Morgan fingerprint density at radius 3 is 2.59 bits per heavy atom. The molecule has 1 aromatic heterocycles. The van der Waals surface area contributed by atoms with Gasteiger partial charge >= 0.3 is 0 Å². The molecule has 0 fully saturated rings. The standard InChI is InChI=1S/C25H26FN5O3/c26-19-12-11-16(15-21-24-18(8-5-13-27-24)25(34)31-30-21)14-20(19)29-23(33)10-4-9-22(32)28-17-6-2-1-3-7-17/h1-3,6-7,11-12,14,27H,4-5,8-10,13,15H2,(H,28,32)(H,29,33)(H,31,34). The molecule has 8 nitrogen and oxygen atoms in total. The van der Waals surface area contributed by atoms with Crippen LogP contribution in [0.1, 0.15) is 42.5 Å². The van der Waals surface area contributed by atoms with Crippen LogP contribution in [-0.2, 0) is 22.4 Å². The number of fused-ring (bicyclic) bond motifs is 1. The minimum atomic E-state index is -0.548. The second-order valence-corrected chi connectivity index (χ2v) is 8.19. The highest BCUT2D eigenvalue weighted by Gasteiger charge is 2.18. The molecular formula is C25H26FN5O3. The third kappa shape index (κ3) is 5.86. The molecule has 4 rings (SSSR count). The lowest BCUT2D eigenvalue weighted by Gasteiger charge is -2.19. The molecule has 2 amide bonds. The zero-order valence-corrected chi connectivity index (χ0v) is 18.6. The van der Waals surface area contributed by atoms with Gasteiger partial charge in [-0.15, -0.1) is 0 Å². The number of aromatic amines is 1. The number of anilines is 3. The Morgan fingerprint density at radius 2 is 1.79 bits per heavy atom. The summed E-state index contributed by atoms with van der Waals surface area (Å²) in [6, 6.07) is 13.6. The van der Waals surface area contributed by atoms with Crippen molar-refractivity contribution in [3.63, 3.8) is 0 Å². The molecule has 2 heterocycles. The van der Waals surface area contributed by atoms with Gasteiger partial charge in [0.2, 0.25) is 11.8 Å². The number of hydrogen-bond donors (Lipinski definition) is 4. The largest absolute Gasteiger partial charge is 0.383 e. The first-order valence-corrected chi connectivity index (χ1v) is 11.3. The van der Waals surface area contributed by atoms with Crippen LogP contribution in [0, 0.1) is 5.82 Å². The van der Waals surface area contributed by atoms with Gasteiger partial charge in [0.15, 0.2) is 0 Å². The lowest BCUT2D eigenvalue weighted by atomic mass is 10.0. The second-order valence-electron chi connectivity index (χ2n) is 8.19. The monoisotopic (exact) mass is 463 g/mol. The van der Waals surface area contributed by atoms with Crippen molar-refractivity contribution in [3.05, 3.63) is 81.5 Å². The number of amides is 2. The molecule has 1 aliphatic heterocycles. The lowest BCUT2D eigenvalue weighted by molar-refractivity contribution is -0.117. The molecule has 0 saturated heterocycles. The summed E-state index contributed by atoms with van der Waals surface area (Å²) < 4.78 is 14.3. The fourth-order valence-corrected chi connectivity index (χ4v) is 3.92. The van der Waals surface area contributed by atoms with E-state index in [0.717, 1.165) is 24.2 Å². The maximum absolute atomic E-state index is 14.3. The van der Waals surface area contributed by atoms with Gasteiger partial charge in [0.1, 0.15) is 5.82 Å². The van der Waals surface area contributed by atoms with E-state index in [0.29, 0.717) is 36.2 Å². The Kier molecular flexibility index (Phi) is 7.31. The molecular weight excluding hydrogens is 437 g/mol. The van der Waals surface area contributed by atoms with Crippen LogP contribution < -0.4 is 21.5 Å². The highest BCUT2D eigenvalue weighted by Crippen LogP contribution is 2.25. The first kappa shape index (κ1) is 23.2. The van der Waals surface area contributed by atoms with Crippen molar-refractivity contribution in [2.75, 3.05) is 22.5 Å². The Labute approximate surface area is 196 Å². The molecule has 0 aliphatic carbocycles. The van der Waals surface area contributed by atoms with Gasteiger partial charge in [0.05, 0.1) is 17.1 Å². The first-order chi connectivity index (χ1) is 16.5. The number of H-pyrrole nitrogens is 1. The van der Waals surface area contributed by atoms with Crippen LogP contribution in [0.15, 0.2) is 53.3 Å². The van der Waals surface area contributed by atoms with Crippen molar-refractivity contribution in [3.8, 4) is 0 Å². The molecule has 0 bridgehead atoms. The van der Waals surface area contributed by atoms with Gasteiger partial charge in [-0.3, -0.25) is 14.4 Å². The van der Waals surface area contributed by atoms with Crippen molar-refractivity contribution in [1.29, 1.82) is 0 Å². The number of carbonyl (C=O) groups is 2. The Hall–Kier alpha value is -4.01. The van der Waals surface area contributed by atoms with E-state index in [1.807, 2.05) is 18.2 Å². The molecule has 3 aromatic rings. The van der Waals surface area contributed by atoms with Gasteiger partial charge < -0.3 is 16.0 Å². The number of benzene rings is 2. The molecule has 1 aliphatic rings. The maximum Gasteiger partial charge on any atom is 0.269 e. The number of carbonyl (C=O) groups excluding carboxylic acids is 2. The SMILES string of the molecule is O=C(CCCC(=O)Nc1cc(Cc2n[nH]c(=O)c3c2NCCC3)ccc1F)Nc1ccccc1. The van der Waals surface area contributed by atoms with Crippen LogP contribution in [0.3, 0.4) is 0 Å². The third-order valence-corrected chi connectivity index (χ3v) is 5.60. The van der Waals surface area contributed by atoms with Crippen LogP contribution in [0.25, 0.3) is 0 Å². The van der Waals surface area contributed by atoms with E-state index in [1.54, 1.807) is 24.3 Å². The summed E-state index contributed by atoms with van der Waals surface area (Å²) in [6.07, 6.45) is 2.53. The predicted octanol–water partition coefficient (Wildman–Crippen LogP) is 3.61. The normalized spacial score (nSPS) is 12.4. The molecule has 0 radical (unpaired) electrons. The fraction of sp³-hybridized carbons (Fsp3) is 0.280. The van der Waals surface area contributed by atoms with Crippen LogP contribution in [0.2, 0.25) is 0 Å². The van der Waals surface area contributed by atoms with Gasteiger partial charge in [0, 0.05) is 37.1 Å². The molecule has 0 unspecified atom stereocenters. The number of aromatic nitrogens is 2. The van der Waals surface area contributed by atoms with Crippen molar-refractivity contribution in [1.82, 2.24) is 10.2 Å². The predicted molar refractivity (Wildman–Crippen MR) is 128 cm³/mol. The Bertz CT molecular complexity index is 1240. The number of hydrogen-bond acceptors (Lipinski definition) is 5. The zero-order chi connectivity index (χ0) is 23.9. The van der Waals surface area contributed by atoms with Gasteiger partial charge in [0.25, 0.3) is 5.56 Å². The van der Waals surface area contributed by atoms with Crippen LogP contribution in [0.5, 0.6) is 0 Å². The molecule has 34 heavy (non-hydrogen) atoms. The van der Waals surface area contributed by atoms with Gasteiger partial charge in [-0.1, -0.05) is 24.3 Å². The molecule has 2 aromatic carbocycles. The quantitative estimate of drug-likeness (QED) is 0.407. The van der Waals surface area contributed by atoms with E-state index in [2.05, 4.69) is 26.1 Å². The van der Waals surface area contributed by atoms with Crippen molar-refractivity contribution in [2.45, 2.75) is 38.5 Å². The number of nitrogens with zero attached hydrogens (tertiary/aromatic N) is 1. The molecule has 0 saturated carbocycles.